The van der Waals surface area contributed by atoms with Crippen molar-refractivity contribution in [1.82, 2.24) is 10.6 Å². The first-order valence-corrected chi connectivity index (χ1v) is 7.21. The van der Waals surface area contributed by atoms with Crippen molar-refractivity contribution in [3.8, 4) is 0 Å². The number of hydrogen-bond donors (Lipinski definition) is 2. The molecule has 2 N–H and O–H groups in total. The van der Waals surface area contributed by atoms with Crippen LogP contribution in [0.5, 0.6) is 0 Å². The van der Waals surface area contributed by atoms with E-state index in [0.29, 0.717) is 11.5 Å². The molecule has 19 heavy (non-hydrogen) atoms. The molecule has 1 amide bonds. The number of piperidine rings is 1. The predicted molar refractivity (Wildman–Crippen MR) is 84.1 cm³/mol. The van der Waals surface area contributed by atoms with Crippen LogP contribution in [-0.2, 0) is 0 Å². The summed E-state index contributed by atoms with van der Waals surface area (Å²) in [5, 5.41) is 6.38. The lowest BCUT2D eigenvalue weighted by atomic mass is 9.99. The second-order valence-corrected chi connectivity index (χ2v) is 5.76. The largest absolute Gasteiger partial charge is 0.352 e. The lowest BCUT2D eigenvalue weighted by molar-refractivity contribution is 0.0944. The summed E-state index contributed by atoms with van der Waals surface area (Å²) in [6, 6.07) is 5.80. The Labute approximate surface area is 129 Å². The molecule has 1 aromatic carbocycles. The number of nitrogens with one attached hydrogen (secondary N) is 2. The van der Waals surface area contributed by atoms with Gasteiger partial charge in [0.15, 0.2) is 0 Å². The van der Waals surface area contributed by atoms with Crippen LogP contribution in [0.1, 0.15) is 28.8 Å². The van der Waals surface area contributed by atoms with E-state index in [9.17, 15) is 4.79 Å². The number of halogens is 2. The van der Waals surface area contributed by atoms with Gasteiger partial charge in [0.25, 0.3) is 5.91 Å². The Bertz CT molecular complexity index is 433. The Morgan fingerprint density at radius 1 is 1.53 bits per heavy atom. The summed E-state index contributed by atoms with van der Waals surface area (Å²) in [5.41, 5.74) is 1.86. The molecule has 1 fully saturated rings. The van der Waals surface area contributed by atoms with Gasteiger partial charge in [-0.15, -0.1) is 12.4 Å². The van der Waals surface area contributed by atoms with Gasteiger partial charge in [-0.2, -0.15) is 0 Å². The number of carbonyl (C=O) groups is 1. The Hall–Kier alpha value is -0.580. The maximum absolute atomic E-state index is 12.1. The van der Waals surface area contributed by atoms with Gasteiger partial charge in [0.05, 0.1) is 5.56 Å². The van der Waals surface area contributed by atoms with Crippen molar-refractivity contribution in [1.29, 1.82) is 0 Å². The first-order chi connectivity index (χ1) is 8.66. The maximum atomic E-state index is 12.1. The van der Waals surface area contributed by atoms with Crippen LogP contribution in [0.25, 0.3) is 0 Å². The average Bonchev–Trinajstić information content (AvgIpc) is 2.37. The zero-order valence-electron chi connectivity index (χ0n) is 11.0. The van der Waals surface area contributed by atoms with E-state index in [0.717, 1.165) is 29.7 Å². The van der Waals surface area contributed by atoms with Gasteiger partial charge in [0.1, 0.15) is 0 Å². The van der Waals surface area contributed by atoms with Crippen LogP contribution in [-0.4, -0.2) is 25.5 Å². The van der Waals surface area contributed by atoms with Gasteiger partial charge in [0, 0.05) is 11.0 Å². The van der Waals surface area contributed by atoms with E-state index >= 15 is 0 Å². The summed E-state index contributed by atoms with van der Waals surface area (Å²) in [6.07, 6.45) is 2.40. The third kappa shape index (κ3) is 4.79. The smallest absolute Gasteiger partial charge is 0.252 e. The maximum Gasteiger partial charge on any atom is 0.252 e. The van der Waals surface area contributed by atoms with Crippen molar-refractivity contribution in [2.45, 2.75) is 19.8 Å². The molecule has 5 heteroatoms. The van der Waals surface area contributed by atoms with E-state index < -0.39 is 0 Å². The van der Waals surface area contributed by atoms with Gasteiger partial charge >= 0.3 is 0 Å². The number of rotatable bonds is 3. The second-order valence-electron chi connectivity index (χ2n) is 4.91. The fraction of sp³-hybridized carbons (Fsp3) is 0.500. The molecule has 0 aliphatic carbocycles. The summed E-state index contributed by atoms with van der Waals surface area (Å²) in [4.78, 5) is 12.1. The predicted octanol–water partition coefficient (Wildman–Crippen LogP) is 2.91. The van der Waals surface area contributed by atoms with Gasteiger partial charge in [-0.25, -0.2) is 0 Å². The van der Waals surface area contributed by atoms with Gasteiger partial charge in [-0.05, 0) is 72.4 Å². The Morgan fingerprint density at radius 3 is 2.95 bits per heavy atom. The van der Waals surface area contributed by atoms with E-state index in [1.165, 1.54) is 12.8 Å². The number of hydrogen-bond acceptors (Lipinski definition) is 2. The third-order valence-corrected chi connectivity index (χ3v) is 3.98. The first-order valence-electron chi connectivity index (χ1n) is 6.42. The Balaban J connectivity index is 0.00000180. The fourth-order valence-corrected chi connectivity index (χ4v) is 2.91. The Kier molecular flexibility index (Phi) is 6.83. The molecular weight excluding hydrogens is 328 g/mol. The molecule has 0 spiro atoms. The number of amides is 1. The number of carbonyl (C=O) groups excluding carboxylic acids is 1. The minimum absolute atomic E-state index is 0. The highest BCUT2D eigenvalue weighted by atomic mass is 79.9. The van der Waals surface area contributed by atoms with E-state index in [2.05, 4.69) is 26.6 Å². The molecule has 106 valence electrons. The quantitative estimate of drug-likeness (QED) is 0.883. The van der Waals surface area contributed by atoms with E-state index in [-0.39, 0.29) is 18.3 Å². The normalized spacial score (nSPS) is 18.5. The Morgan fingerprint density at radius 2 is 2.32 bits per heavy atom. The van der Waals surface area contributed by atoms with Gasteiger partial charge in [0.2, 0.25) is 0 Å². The summed E-state index contributed by atoms with van der Waals surface area (Å²) in [7, 11) is 0. The first kappa shape index (κ1) is 16.5. The molecule has 1 aromatic rings. The van der Waals surface area contributed by atoms with Crippen LogP contribution in [0, 0.1) is 12.8 Å². The standard InChI is InChI=1S/C14H19BrN2O.ClH/c1-10-4-5-12(13(15)7-10)14(18)17-9-11-3-2-6-16-8-11;/h4-5,7,11,16H,2-3,6,8-9H2,1H3,(H,17,18);1H. The van der Waals surface area contributed by atoms with Crippen LogP contribution in [0.4, 0.5) is 0 Å². The van der Waals surface area contributed by atoms with Crippen molar-refractivity contribution in [3.63, 3.8) is 0 Å². The van der Waals surface area contributed by atoms with Crippen LogP contribution < -0.4 is 10.6 Å². The zero-order valence-corrected chi connectivity index (χ0v) is 13.4. The third-order valence-electron chi connectivity index (χ3n) is 3.32. The monoisotopic (exact) mass is 346 g/mol. The lowest BCUT2D eigenvalue weighted by Crippen LogP contribution is -2.38. The molecule has 1 aliphatic heterocycles. The van der Waals surface area contributed by atoms with E-state index in [1.54, 1.807) is 0 Å². The van der Waals surface area contributed by atoms with Crippen LogP contribution in [0.3, 0.4) is 0 Å². The summed E-state index contributed by atoms with van der Waals surface area (Å²) < 4.78 is 0.863. The molecule has 1 atom stereocenters. The molecule has 1 unspecified atom stereocenters. The number of benzene rings is 1. The van der Waals surface area contributed by atoms with Crippen LogP contribution in [0.2, 0.25) is 0 Å². The molecule has 0 saturated carbocycles. The second kappa shape index (κ2) is 7.88. The fourth-order valence-electron chi connectivity index (χ4n) is 2.23. The van der Waals surface area contributed by atoms with Crippen molar-refractivity contribution in [3.05, 3.63) is 33.8 Å². The van der Waals surface area contributed by atoms with Crippen molar-refractivity contribution in [2.75, 3.05) is 19.6 Å². The van der Waals surface area contributed by atoms with Crippen LogP contribution in [0.15, 0.2) is 22.7 Å². The molecule has 3 nitrogen and oxygen atoms in total. The molecule has 2 rings (SSSR count). The minimum atomic E-state index is 0. The molecule has 1 heterocycles. The highest BCUT2D eigenvalue weighted by Crippen LogP contribution is 2.18. The number of aryl methyl sites for hydroxylation is 1. The lowest BCUT2D eigenvalue weighted by Gasteiger charge is -2.23. The van der Waals surface area contributed by atoms with Crippen molar-refractivity contribution >= 4 is 34.2 Å². The van der Waals surface area contributed by atoms with E-state index in [1.807, 2.05) is 25.1 Å². The van der Waals surface area contributed by atoms with Gasteiger partial charge < -0.3 is 10.6 Å². The summed E-state index contributed by atoms with van der Waals surface area (Å²) in [5.74, 6) is 0.569. The molecule has 0 aromatic heterocycles. The van der Waals surface area contributed by atoms with E-state index in [4.69, 9.17) is 0 Å². The molecule has 0 radical (unpaired) electrons. The van der Waals surface area contributed by atoms with Crippen LogP contribution >= 0.6 is 28.3 Å². The van der Waals surface area contributed by atoms with Crippen molar-refractivity contribution in [2.24, 2.45) is 5.92 Å². The molecule has 0 bridgehead atoms. The molecular formula is C14H20BrClN2O. The molecule has 1 saturated heterocycles. The summed E-state index contributed by atoms with van der Waals surface area (Å²) in [6.45, 7) is 4.88. The minimum Gasteiger partial charge on any atom is -0.352 e. The van der Waals surface area contributed by atoms with Gasteiger partial charge in [-0.3, -0.25) is 4.79 Å². The average molecular weight is 348 g/mol. The van der Waals surface area contributed by atoms with Crippen molar-refractivity contribution < 1.29 is 4.79 Å². The highest BCUT2D eigenvalue weighted by molar-refractivity contribution is 9.10. The summed E-state index contributed by atoms with van der Waals surface area (Å²) >= 11 is 3.44. The highest BCUT2D eigenvalue weighted by Gasteiger charge is 2.15. The SMILES string of the molecule is Cc1ccc(C(=O)NCC2CCCNC2)c(Br)c1.Cl. The zero-order chi connectivity index (χ0) is 13.0. The topological polar surface area (TPSA) is 41.1 Å². The van der Waals surface area contributed by atoms with Gasteiger partial charge in [-0.1, -0.05) is 6.07 Å². The molecule has 1 aliphatic rings.